The average Bonchev–Trinajstić information content (AvgIpc) is 2.55. The zero-order valence-corrected chi connectivity index (χ0v) is 17.9. The van der Waals surface area contributed by atoms with Crippen LogP contribution in [0.3, 0.4) is 0 Å². The van der Waals surface area contributed by atoms with Crippen LogP contribution in [0.5, 0.6) is 0 Å². The Balaban J connectivity index is 0.00000529. The van der Waals surface area contributed by atoms with E-state index >= 15 is 0 Å². The van der Waals surface area contributed by atoms with Crippen LogP contribution in [0.15, 0.2) is 17.6 Å². The first kappa shape index (κ1) is 23.2. The lowest BCUT2D eigenvalue weighted by Gasteiger charge is -2.26. The number of unbranched alkanes of at least 4 members (excludes halogenated alkanes) is 1. The molecule has 0 aliphatic heterocycles. The minimum absolute atomic E-state index is 0. The third kappa shape index (κ3) is 9.49. The number of allylic oxidation sites excluding steroid dienone is 1. The van der Waals surface area contributed by atoms with Crippen molar-refractivity contribution in [2.45, 2.75) is 44.9 Å². The van der Waals surface area contributed by atoms with E-state index in [0.29, 0.717) is 0 Å². The van der Waals surface area contributed by atoms with Crippen molar-refractivity contribution in [3.63, 3.8) is 0 Å². The normalized spacial score (nSPS) is 15.4. The van der Waals surface area contributed by atoms with Crippen LogP contribution in [-0.2, 0) is 4.79 Å². The largest absolute Gasteiger partial charge is 0.356 e. The maximum Gasteiger partial charge on any atom is 0.243 e. The number of rotatable bonds is 8. The van der Waals surface area contributed by atoms with Crippen molar-refractivity contribution in [2.75, 3.05) is 40.8 Å². The number of nitrogens with zero attached hydrogens (tertiary/aromatic N) is 3. The summed E-state index contributed by atoms with van der Waals surface area (Å²) >= 11 is 0. The second kappa shape index (κ2) is 13.5. The molecule has 1 aliphatic carbocycles. The van der Waals surface area contributed by atoms with E-state index in [4.69, 9.17) is 0 Å². The van der Waals surface area contributed by atoms with E-state index < -0.39 is 0 Å². The summed E-state index contributed by atoms with van der Waals surface area (Å²) in [6, 6.07) is 0. The number of aliphatic imine (C=N–C) groups is 1. The zero-order valence-electron chi connectivity index (χ0n) is 15.6. The minimum Gasteiger partial charge on any atom is -0.356 e. The van der Waals surface area contributed by atoms with Crippen LogP contribution < -0.4 is 5.32 Å². The van der Waals surface area contributed by atoms with Crippen LogP contribution >= 0.6 is 24.0 Å². The van der Waals surface area contributed by atoms with Gasteiger partial charge in [-0.15, -0.1) is 30.6 Å². The first-order valence-electron chi connectivity index (χ1n) is 8.85. The molecular weight excluding hydrogens is 415 g/mol. The van der Waals surface area contributed by atoms with Gasteiger partial charge in [-0.1, -0.05) is 25.3 Å². The molecule has 6 heteroatoms. The van der Waals surface area contributed by atoms with Gasteiger partial charge in [-0.3, -0.25) is 4.79 Å². The van der Waals surface area contributed by atoms with Crippen LogP contribution in [0.25, 0.3) is 0 Å². The summed E-state index contributed by atoms with van der Waals surface area (Å²) in [4.78, 5) is 20.0. The molecule has 0 unspecified atom stereocenters. The second-order valence-electron chi connectivity index (χ2n) is 6.67. The highest BCUT2D eigenvalue weighted by Crippen LogP contribution is 2.22. The summed E-state index contributed by atoms with van der Waals surface area (Å²) in [6.45, 7) is 5.84. The fraction of sp³-hybridized carbons (Fsp3) is 0.778. The molecule has 0 aromatic heterocycles. The van der Waals surface area contributed by atoms with Gasteiger partial charge in [-0.25, -0.2) is 4.99 Å². The summed E-state index contributed by atoms with van der Waals surface area (Å²) in [5.74, 6) is 1.61. The summed E-state index contributed by atoms with van der Waals surface area (Å²) in [5, 5.41) is 3.49. The Kier molecular flexibility index (Phi) is 13.1. The molecule has 1 saturated carbocycles. The van der Waals surface area contributed by atoms with E-state index in [1.807, 2.05) is 13.1 Å². The molecule has 24 heavy (non-hydrogen) atoms. The van der Waals surface area contributed by atoms with Gasteiger partial charge >= 0.3 is 0 Å². The molecule has 1 fully saturated rings. The summed E-state index contributed by atoms with van der Waals surface area (Å²) in [7, 11) is 5.57. The number of guanidine groups is 1. The van der Waals surface area contributed by atoms with Crippen LogP contribution in [0.2, 0.25) is 0 Å². The Morgan fingerprint density at radius 3 is 2.50 bits per heavy atom. The van der Waals surface area contributed by atoms with Crippen LogP contribution in [0.4, 0.5) is 0 Å². The van der Waals surface area contributed by atoms with Crippen molar-refractivity contribution in [3.8, 4) is 0 Å². The predicted octanol–water partition coefficient (Wildman–Crippen LogP) is 3.12. The van der Waals surface area contributed by atoms with Crippen LogP contribution in [0, 0.1) is 5.92 Å². The molecule has 1 N–H and O–H groups in total. The van der Waals surface area contributed by atoms with Crippen molar-refractivity contribution in [3.05, 3.63) is 12.7 Å². The molecule has 1 rings (SSSR count). The van der Waals surface area contributed by atoms with Crippen molar-refractivity contribution in [2.24, 2.45) is 10.9 Å². The van der Waals surface area contributed by atoms with Crippen LogP contribution in [0.1, 0.15) is 44.9 Å². The van der Waals surface area contributed by atoms with Gasteiger partial charge in [0.05, 0.1) is 0 Å². The fourth-order valence-electron chi connectivity index (χ4n) is 2.80. The number of nitrogens with one attached hydrogen (secondary N) is 1. The van der Waals surface area contributed by atoms with Crippen molar-refractivity contribution < 1.29 is 4.79 Å². The first-order chi connectivity index (χ1) is 11.0. The van der Waals surface area contributed by atoms with Crippen molar-refractivity contribution in [1.82, 2.24) is 15.1 Å². The van der Waals surface area contributed by atoms with Gasteiger partial charge in [-0.2, -0.15) is 0 Å². The maximum absolute atomic E-state index is 11.8. The number of hydrogen-bond acceptors (Lipinski definition) is 2. The van der Waals surface area contributed by atoms with Gasteiger partial charge in [0.15, 0.2) is 5.96 Å². The van der Waals surface area contributed by atoms with Crippen LogP contribution in [-0.4, -0.2) is 62.4 Å². The van der Waals surface area contributed by atoms with Gasteiger partial charge in [0.2, 0.25) is 5.91 Å². The highest BCUT2D eigenvalue weighted by atomic mass is 127. The molecule has 0 bridgehead atoms. The zero-order chi connectivity index (χ0) is 17.1. The Bertz CT molecular complexity index is 392. The van der Waals surface area contributed by atoms with E-state index in [1.54, 1.807) is 19.0 Å². The third-order valence-electron chi connectivity index (χ3n) is 4.40. The van der Waals surface area contributed by atoms with Crippen molar-refractivity contribution in [1.29, 1.82) is 0 Å². The number of halogens is 1. The van der Waals surface area contributed by atoms with Crippen molar-refractivity contribution >= 4 is 35.8 Å². The van der Waals surface area contributed by atoms with Gasteiger partial charge < -0.3 is 15.1 Å². The number of hydrogen-bond donors (Lipinski definition) is 1. The second-order valence-corrected chi connectivity index (χ2v) is 6.67. The quantitative estimate of drug-likeness (QED) is 0.203. The lowest BCUT2D eigenvalue weighted by atomic mass is 9.89. The molecule has 0 saturated heterocycles. The molecule has 5 nitrogen and oxygen atoms in total. The van der Waals surface area contributed by atoms with E-state index in [2.05, 4.69) is 21.8 Å². The summed E-state index contributed by atoms with van der Waals surface area (Å²) < 4.78 is 0. The molecule has 1 aliphatic rings. The highest BCUT2D eigenvalue weighted by molar-refractivity contribution is 14.0. The molecule has 0 atom stereocenters. The maximum atomic E-state index is 11.8. The fourth-order valence-corrected chi connectivity index (χ4v) is 2.80. The summed E-state index contributed by atoms with van der Waals surface area (Å²) in [6.07, 6.45) is 10.6. The number of carbonyl (C=O) groups excluding carboxylic acids is 1. The third-order valence-corrected chi connectivity index (χ3v) is 4.40. The Morgan fingerprint density at radius 1 is 1.25 bits per heavy atom. The monoisotopic (exact) mass is 450 g/mol. The molecule has 0 radical (unpaired) electrons. The average molecular weight is 450 g/mol. The molecule has 0 aromatic carbocycles. The molecule has 0 heterocycles. The number of carbonyl (C=O) groups is 1. The Labute approximate surface area is 165 Å². The van der Waals surface area contributed by atoms with E-state index in [0.717, 1.165) is 37.8 Å². The first-order valence-corrected chi connectivity index (χ1v) is 8.85. The summed E-state index contributed by atoms with van der Waals surface area (Å²) in [5.41, 5.74) is 0. The van der Waals surface area contributed by atoms with Gasteiger partial charge in [0, 0.05) is 34.2 Å². The number of likely N-dealkylation sites (N-methyl/N-ethyl adjacent to an activating group) is 1. The van der Waals surface area contributed by atoms with Gasteiger partial charge in [-0.05, 0) is 31.6 Å². The Hall–Kier alpha value is -0.790. The van der Waals surface area contributed by atoms with E-state index in [-0.39, 0.29) is 36.4 Å². The van der Waals surface area contributed by atoms with E-state index in [9.17, 15) is 4.79 Å². The molecule has 140 valence electrons. The smallest absolute Gasteiger partial charge is 0.243 e. The number of amides is 1. The SMILES string of the molecule is C=CCCCN(C)C(=NCC(=O)N(C)C)NCC1CCCCC1.I. The molecule has 0 aromatic rings. The van der Waals surface area contributed by atoms with Gasteiger partial charge in [0.1, 0.15) is 6.54 Å². The lowest BCUT2D eigenvalue weighted by Crippen LogP contribution is -2.42. The predicted molar refractivity (Wildman–Crippen MR) is 113 cm³/mol. The molecule has 1 amide bonds. The molecular formula is C18H35IN4O. The molecule has 0 spiro atoms. The highest BCUT2D eigenvalue weighted by Gasteiger charge is 2.15. The minimum atomic E-state index is 0. The van der Waals surface area contributed by atoms with Gasteiger partial charge in [0.25, 0.3) is 0 Å². The van der Waals surface area contributed by atoms with E-state index in [1.165, 1.54) is 32.1 Å². The Morgan fingerprint density at radius 2 is 1.92 bits per heavy atom. The standard InChI is InChI=1S/C18H34N4O.HI/c1-5-6-10-13-22(4)18(20-15-17(23)21(2)3)19-14-16-11-8-7-9-12-16;/h5,16H,1,6-15H2,2-4H3,(H,19,20);1H. The lowest BCUT2D eigenvalue weighted by molar-refractivity contribution is -0.127. The topological polar surface area (TPSA) is 47.9 Å².